The van der Waals surface area contributed by atoms with Crippen molar-refractivity contribution in [3.8, 4) is 0 Å². The van der Waals surface area contributed by atoms with Gasteiger partial charge in [0.25, 0.3) is 0 Å². The van der Waals surface area contributed by atoms with Crippen molar-refractivity contribution in [3.63, 3.8) is 0 Å². The molecule has 1 unspecified atom stereocenters. The van der Waals surface area contributed by atoms with Gasteiger partial charge in [-0.05, 0) is 57.9 Å². The fraction of sp³-hybridized carbons (Fsp3) is 0.800. The second-order valence-electron chi connectivity index (χ2n) is 15.0. The zero-order valence-electron chi connectivity index (χ0n) is 30.5. The van der Waals surface area contributed by atoms with Crippen molar-refractivity contribution in [2.24, 2.45) is 11.8 Å². The lowest BCUT2D eigenvalue weighted by atomic mass is 9.77. The molecule has 0 radical (unpaired) electrons. The Hall–Kier alpha value is -1.96. The van der Waals surface area contributed by atoms with E-state index in [1.165, 1.54) is 84.0 Å². The Labute approximate surface area is 286 Å². The van der Waals surface area contributed by atoms with Crippen LogP contribution in [0.4, 0.5) is 0 Å². The van der Waals surface area contributed by atoms with Gasteiger partial charge in [-0.2, -0.15) is 0 Å². The molecule has 47 heavy (non-hydrogen) atoms. The number of epoxide rings is 1. The molecule has 1 heterocycles. The zero-order chi connectivity index (χ0) is 34.7. The molecule has 2 fully saturated rings. The summed E-state index contributed by atoms with van der Waals surface area (Å²) in [5, 5.41) is 21.4. The van der Waals surface area contributed by atoms with Gasteiger partial charge in [0.05, 0.1) is 23.9 Å². The smallest absolute Gasteiger partial charge is 0.306 e. The first-order valence-corrected chi connectivity index (χ1v) is 18.8. The first kappa shape index (κ1) is 41.2. The van der Waals surface area contributed by atoms with Crippen LogP contribution in [0.2, 0.25) is 0 Å². The van der Waals surface area contributed by atoms with Crippen molar-refractivity contribution in [1.82, 2.24) is 0 Å². The highest BCUT2D eigenvalue weighted by molar-refractivity contribution is 5.69. The lowest BCUT2D eigenvalue weighted by Crippen LogP contribution is -2.34. The normalized spacial score (nSPS) is 25.2. The number of fused-ring (bicyclic) bond motifs is 1. The standard InChI is InChI=1S/C40H68O7/c1-7-8-9-10-11-12-13-14-15-16-17-18-19-20-21-24-37(42)46-29-33(23-22-26-39(4,5)43)34-25-27-40(6,44)38-36(47-38)28-31(2)35(34)30-45-32(3)41/h22-23,26,34-36,38,43-44H,2,7-21,24-25,27-30H2,1,3-6H3/b26-22+,33-23-/t34?,35-,36+,38+,40-/m0/s1. The number of allylic oxidation sites excluding steroid dienone is 2. The van der Waals surface area contributed by atoms with Gasteiger partial charge in [-0.3, -0.25) is 9.59 Å². The minimum Gasteiger partial charge on any atom is -0.465 e. The van der Waals surface area contributed by atoms with E-state index in [1.807, 2.05) is 6.08 Å². The van der Waals surface area contributed by atoms with Gasteiger partial charge in [-0.15, -0.1) is 0 Å². The van der Waals surface area contributed by atoms with Crippen LogP contribution in [0.3, 0.4) is 0 Å². The van der Waals surface area contributed by atoms with E-state index in [1.54, 1.807) is 32.9 Å². The molecule has 1 aliphatic heterocycles. The van der Waals surface area contributed by atoms with Crippen LogP contribution < -0.4 is 0 Å². The van der Waals surface area contributed by atoms with E-state index >= 15 is 0 Å². The quantitative estimate of drug-likeness (QED) is 0.0370. The molecule has 0 bridgehead atoms. The van der Waals surface area contributed by atoms with Gasteiger partial charge in [-0.1, -0.05) is 127 Å². The Balaban J connectivity index is 1.86. The highest BCUT2D eigenvalue weighted by Gasteiger charge is 2.53. The van der Waals surface area contributed by atoms with Gasteiger partial charge < -0.3 is 24.4 Å². The second kappa shape index (κ2) is 21.9. The molecule has 5 atom stereocenters. The van der Waals surface area contributed by atoms with Crippen LogP contribution in [-0.2, 0) is 23.8 Å². The molecule has 2 rings (SSSR count). The van der Waals surface area contributed by atoms with E-state index in [0.29, 0.717) is 25.7 Å². The summed E-state index contributed by atoms with van der Waals surface area (Å²) in [4.78, 5) is 24.6. The van der Waals surface area contributed by atoms with Crippen molar-refractivity contribution in [3.05, 3.63) is 36.0 Å². The van der Waals surface area contributed by atoms with E-state index in [2.05, 4.69) is 13.5 Å². The molecule has 7 nitrogen and oxygen atoms in total. The molecule has 1 aliphatic carbocycles. The minimum atomic E-state index is -1.01. The highest BCUT2D eigenvalue weighted by Crippen LogP contribution is 2.45. The number of hydrogen-bond acceptors (Lipinski definition) is 7. The van der Waals surface area contributed by atoms with E-state index in [-0.39, 0.29) is 49.2 Å². The first-order chi connectivity index (χ1) is 22.3. The summed E-state index contributed by atoms with van der Waals surface area (Å²) in [6.45, 7) is 13.4. The highest BCUT2D eigenvalue weighted by atomic mass is 16.6. The zero-order valence-corrected chi connectivity index (χ0v) is 30.5. The summed E-state index contributed by atoms with van der Waals surface area (Å²) >= 11 is 0. The lowest BCUT2D eigenvalue weighted by Gasteiger charge is -2.32. The number of rotatable bonds is 23. The molecule has 0 spiro atoms. The Morgan fingerprint density at radius 2 is 1.51 bits per heavy atom. The first-order valence-electron chi connectivity index (χ1n) is 18.8. The van der Waals surface area contributed by atoms with Crippen molar-refractivity contribution in [2.75, 3.05) is 13.2 Å². The number of carbonyl (C=O) groups is 2. The predicted octanol–water partition coefficient (Wildman–Crippen LogP) is 9.10. The van der Waals surface area contributed by atoms with Crippen LogP contribution in [0.1, 0.15) is 157 Å². The Morgan fingerprint density at radius 1 is 0.957 bits per heavy atom. The average molecular weight is 661 g/mol. The monoisotopic (exact) mass is 660 g/mol. The van der Waals surface area contributed by atoms with Gasteiger partial charge in [0, 0.05) is 19.3 Å². The Bertz CT molecular complexity index is 989. The van der Waals surface area contributed by atoms with E-state index in [0.717, 1.165) is 30.4 Å². The third kappa shape index (κ3) is 17.8. The number of hydrogen-bond donors (Lipinski definition) is 2. The predicted molar refractivity (Wildman–Crippen MR) is 190 cm³/mol. The van der Waals surface area contributed by atoms with Gasteiger partial charge in [0.1, 0.15) is 12.7 Å². The van der Waals surface area contributed by atoms with Crippen LogP contribution in [-0.4, -0.2) is 58.8 Å². The number of ether oxygens (including phenoxy) is 3. The van der Waals surface area contributed by atoms with Crippen molar-refractivity contribution < 1.29 is 34.0 Å². The van der Waals surface area contributed by atoms with E-state index in [4.69, 9.17) is 14.2 Å². The maximum absolute atomic E-state index is 12.8. The summed E-state index contributed by atoms with van der Waals surface area (Å²) in [6.07, 6.45) is 26.1. The maximum Gasteiger partial charge on any atom is 0.306 e. The Kier molecular flexibility index (Phi) is 19.2. The number of carbonyl (C=O) groups excluding carboxylic acids is 2. The van der Waals surface area contributed by atoms with Gasteiger partial charge in [0.2, 0.25) is 0 Å². The van der Waals surface area contributed by atoms with Crippen molar-refractivity contribution >= 4 is 11.9 Å². The molecular weight excluding hydrogens is 592 g/mol. The third-order valence-electron chi connectivity index (χ3n) is 9.77. The molecule has 270 valence electrons. The molecular formula is C40H68O7. The SMILES string of the molecule is C=C1C[C@H]2O[C@H]2[C@@](C)(O)CCC(/C(=C\C=C\C(C)(C)O)COC(=O)CCCCCCCCCCCCCCCCC)[C@H]1COC(C)=O. The molecule has 0 aromatic heterocycles. The van der Waals surface area contributed by atoms with Crippen LogP contribution >= 0.6 is 0 Å². The van der Waals surface area contributed by atoms with Crippen LogP contribution in [0.25, 0.3) is 0 Å². The average Bonchev–Trinajstić information content (AvgIpc) is 3.77. The maximum atomic E-state index is 12.8. The third-order valence-corrected chi connectivity index (χ3v) is 9.77. The molecule has 7 heteroatoms. The molecule has 1 saturated carbocycles. The molecule has 0 amide bonds. The van der Waals surface area contributed by atoms with Gasteiger partial charge >= 0.3 is 11.9 Å². The van der Waals surface area contributed by atoms with Crippen molar-refractivity contribution in [2.45, 2.75) is 180 Å². The van der Waals surface area contributed by atoms with Crippen LogP contribution in [0.5, 0.6) is 0 Å². The molecule has 2 aliphatic rings. The van der Waals surface area contributed by atoms with Gasteiger partial charge in [-0.25, -0.2) is 0 Å². The Morgan fingerprint density at radius 3 is 2.04 bits per heavy atom. The lowest BCUT2D eigenvalue weighted by molar-refractivity contribution is -0.143. The molecule has 1 saturated heterocycles. The van der Waals surface area contributed by atoms with Crippen LogP contribution in [0, 0.1) is 11.8 Å². The largest absolute Gasteiger partial charge is 0.465 e. The van der Waals surface area contributed by atoms with Crippen LogP contribution in [0.15, 0.2) is 36.0 Å². The minimum absolute atomic E-state index is 0.0911. The van der Waals surface area contributed by atoms with E-state index in [9.17, 15) is 19.8 Å². The molecule has 2 N–H and O–H groups in total. The fourth-order valence-corrected chi connectivity index (χ4v) is 6.78. The summed E-state index contributed by atoms with van der Waals surface area (Å²) < 4.78 is 17.1. The van der Waals surface area contributed by atoms with Crippen molar-refractivity contribution in [1.29, 1.82) is 0 Å². The van der Waals surface area contributed by atoms with Gasteiger partial charge in [0.15, 0.2) is 0 Å². The number of unbranched alkanes of at least 4 members (excludes halogenated alkanes) is 14. The fourth-order valence-electron chi connectivity index (χ4n) is 6.78. The molecule has 0 aromatic carbocycles. The van der Waals surface area contributed by atoms with E-state index < -0.39 is 11.2 Å². The summed E-state index contributed by atoms with van der Waals surface area (Å²) in [6, 6.07) is 0. The molecule has 0 aromatic rings. The summed E-state index contributed by atoms with van der Waals surface area (Å²) in [7, 11) is 0. The second-order valence-corrected chi connectivity index (χ2v) is 15.0. The topological polar surface area (TPSA) is 106 Å². The number of esters is 2. The number of aliphatic hydroxyl groups is 2. The summed E-state index contributed by atoms with van der Waals surface area (Å²) in [5.74, 6) is -1.01. The summed E-state index contributed by atoms with van der Waals surface area (Å²) in [5.41, 5.74) is -0.269.